The number of halogens is 2. The Morgan fingerprint density at radius 2 is 1.93 bits per heavy atom. The summed E-state index contributed by atoms with van der Waals surface area (Å²) in [7, 11) is -3.67. The molecule has 0 radical (unpaired) electrons. The number of hydrogen-bond donors (Lipinski definition) is 3. The molecule has 27 heavy (non-hydrogen) atoms. The minimum Gasteiger partial charge on any atom is -0.507 e. The molecule has 3 aromatic rings. The van der Waals surface area contributed by atoms with E-state index < -0.39 is 21.6 Å². The Bertz CT molecular complexity index is 1170. The molecule has 0 spiro atoms. The zero-order valence-corrected chi connectivity index (χ0v) is 16.1. The summed E-state index contributed by atoms with van der Waals surface area (Å²) < 4.78 is 29.8. The molecule has 0 atom stereocenters. The number of fused-ring (bicyclic) bond motifs is 1. The van der Waals surface area contributed by atoms with E-state index >= 15 is 0 Å². The highest BCUT2D eigenvalue weighted by molar-refractivity contribution is 7.91. The van der Waals surface area contributed by atoms with Gasteiger partial charge in [-0.25, -0.2) is 13.2 Å². The van der Waals surface area contributed by atoms with Crippen molar-refractivity contribution in [1.29, 1.82) is 0 Å². The van der Waals surface area contributed by atoms with E-state index in [1.165, 1.54) is 37.3 Å². The Hall–Kier alpha value is -2.42. The number of sulfone groups is 1. The lowest BCUT2D eigenvalue weighted by Crippen LogP contribution is -2.04. The second kappa shape index (κ2) is 6.95. The molecule has 0 amide bonds. The number of H-pyrrole nitrogens is 1. The highest BCUT2D eigenvalue weighted by Crippen LogP contribution is 2.42. The predicted octanol–water partition coefficient (Wildman–Crippen LogP) is 4.46. The number of aromatic hydroxyl groups is 1. The summed E-state index contributed by atoms with van der Waals surface area (Å²) in [5.74, 6) is -1.62. The van der Waals surface area contributed by atoms with Gasteiger partial charge in [0.25, 0.3) is 0 Å². The van der Waals surface area contributed by atoms with E-state index in [1.54, 1.807) is 0 Å². The van der Waals surface area contributed by atoms with E-state index in [0.717, 1.165) is 0 Å². The number of rotatable bonds is 5. The van der Waals surface area contributed by atoms with Gasteiger partial charge in [-0.1, -0.05) is 30.1 Å². The van der Waals surface area contributed by atoms with Gasteiger partial charge in [-0.05, 0) is 24.3 Å². The van der Waals surface area contributed by atoms with Crippen molar-refractivity contribution in [2.75, 3.05) is 5.75 Å². The maximum absolute atomic E-state index is 12.1. The van der Waals surface area contributed by atoms with Crippen LogP contribution in [0.5, 0.6) is 17.2 Å². The van der Waals surface area contributed by atoms with Crippen molar-refractivity contribution in [1.82, 2.24) is 4.98 Å². The van der Waals surface area contributed by atoms with Crippen LogP contribution in [0.3, 0.4) is 0 Å². The van der Waals surface area contributed by atoms with Gasteiger partial charge in [-0.3, -0.25) is 0 Å². The molecule has 7 nitrogen and oxygen atoms in total. The highest BCUT2D eigenvalue weighted by Gasteiger charge is 2.20. The van der Waals surface area contributed by atoms with Crippen molar-refractivity contribution in [3.63, 3.8) is 0 Å². The van der Waals surface area contributed by atoms with E-state index in [0.29, 0.717) is 10.9 Å². The number of hydrogen-bond acceptors (Lipinski definition) is 5. The second-order valence-corrected chi connectivity index (χ2v) is 8.62. The predicted molar refractivity (Wildman–Crippen MR) is 101 cm³/mol. The Morgan fingerprint density at radius 1 is 1.22 bits per heavy atom. The van der Waals surface area contributed by atoms with Crippen molar-refractivity contribution in [3.05, 3.63) is 46.1 Å². The van der Waals surface area contributed by atoms with E-state index in [1.807, 2.05) is 0 Å². The average molecular weight is 430 g/mol. The van der Waals surface area contributed by atoms with Crippen LogP contribution in [0.25, 0.3) is 10.9 Å². The second-order valence-electron chi connectivity index (χ2n) is 5.59. The van der Waals surface area contributed by atoms with Crippen LogP contribution >= 0.6 is 23.2 Å². The third-order valence-corrected chi connectivity index (χ3v) is 6.28. The molecule has 10 heteroatoms. The van der Waals surface area contributed by atoms with Crippen LogP contribution in [0.4, 0.5) is 0 Å². The molecule has 0 aliphatic heterocycles. The number of carboxylic acid groups (broad SMARTS) is 1. The number of aromatic nitrogens is 1. The molecule has 0 unspecified atom stereocenters. The van der Waals surface area contributed by atoms with Crippen LogP contribution in [-0.4, -0.2) is 35.3 Å². The third-order valence-electron chi connectivity index (χ3n) is 3.87. The number of carboxylic acids is 1. The fourth-order valence-corrected chi connectivity index (χ4v) is 4.06. The molecule has 0 aliphatic carbocycles. The van der Waals surface area contributed by atoms with Crippen LogP contribution < -0.4 is 4.74 Å². The van der Waals surface area contributed by atoms with E-state index in [2.05, 4.69) is 4.98 Å². The number of carbonyl (C=O) groups is 1. The van der Waals surface area contributed by atoms with Gasteiger partial charge in [0.05, 0.1) is 15.8 Å². The minimum absolute atomic E-state index is 0.0345. The Morgan fingerprint density at radius 3 is 2.56 bits per heavy atom. The van der Waals surface area contributed by atoms with E-state index in [4.69, 9.17) is 33.0 Å². The summed E-state index contributed by atoms with van der Waals surface area (Å²) >= 11 is 12.5. The van der Waals surface area contributed by atoms with Crippen molar-refractivity contribution in [3.8, 4) is 17.2 Å². The van der Waals surface area contributed by atoms with Gasteiger partial charge in [0.2, 0.25) is 0 Å². The minimum atomic E-state index is -3.67. The molecule has 0 saturated carbocycles. The molecule has 3 N–H and O–H groups in total. The van der Waals surface area contributed by atoms with Gasteiger partial charge in [0.1, 0.15) is 22.1 Å². The van der Waals surface area contributed by atoms with Gasteiger partial charge in [-0.15, -0.1) is 0 Å². The molecule has 1 aromatic heterocycles. The molecule has 0 bridgehead atoms. The number of benzene rings is 2. The summed E-state index contributed by atoms with van der Waals surface area (Å²) in [5.41, 5.74) is 0.343. The number of phenolic OH excluding ortho intramolecular Hbond substituents is 1. The number of ether oxygens (including phenoxy) is 1. The molecule has 0 aliphatic rings. The van der Waals surface area contributed by atoms with Crippen molar-refractivity contribution in [2.24, 2.45) is 0 Å². The first-order valence-corrected chi connectivity index (χ1v) is 10.0. The highest BCUT2D eigenvalue weighted by atomic mass is 35.5. The zero-order chi connectivity index (χ0) is 19.9. The maximum atomic E-state index is 12.1. The first-order chi connectivity index (χ1) is 12.6. The molecular weight excluding hydrogens is 417 g/mol. The fourth-order valence-electron chi connectivity index (χ4n) is 2.47. The summed E-state index contributed by atoms with van der Waals surface area (Å²) in [6.07, 6.45) is 0. The summed E-state index contributed by atoms with van der Waals surface area (Å²) in [4.78, 5) is 13.5. The monoisotopic (exact) mass is 429 g/mol. The molecular formula is C17H13Cl2NO6S. The third kappa shape index (κ3) is 3.55. The molecule has 2 aromatic carbocycles. The molecule has 142 valence electrons. The van der Waals surface area contributed by atoms with Crippen LogP contribution in [0, 0.1) is 0 Å². The van der Waals surface area contributed by atoms with E-state index in [9.17, 15) is 18.3 Å². The van der Waals surface area contributed by atoms with Crippen LogP contribution in [0.1, 0.15) is 17.4 Å². The molecule has 0 fully saturated rings. The standard InChI is InChI=1S/C17H13Cl2NO6S/c1-2-27(24,25)14-5-8(3-4-13(14)21)26-16-10(18)7-11-9(15(16)19)6-12(20-11)17(22)23/h3-7,20-21H,2H2,1H3,(H,22,23). The van der Waals surface area contributed by atoms with E-state index in [-0.39, 0.29) is 37.9 Å². The zero-order valence-electron chi connectivity index (χ0n) is 13.8. The first kappa shape index (κ1) is 19.3. The largest absolute Gasteiger partial charge is 0.507 e. The lowest BCUT2D eigenvalue weighted by atomic mass is 10.2. The number of aromatic amines is 1. The Balaban J connectivity index is 2.09. The quantitative estimate of drug-likeness (QED) is 0.550. The number of phenols is 1. The smallest absolute Gasteiger partial charge is 0.352 e. The van der Waals surface area contributed by atoms with Crippen LogP contribution in [0.2, 0.25) is 10.0 Å². The van der Waals surface area contributed by atoms with Gasteiger partial charge < -0.3 is 19.9 Å². The first-order valence-electron chi connectivity index (χ1n) is 7.61. The topological polar surface area (TPSA) is 117 Å². The lowest BCUT2D eigenvalue weighted by Gasteiger charge is -2.12. The number of nitrogens with one attached hydrogen (secondary N) is 1. The van der Waals surface area contributed by atoms with Crippen molar-refractivity contribution < 1.29 is 28.2 Å². The van der Waals surface area contributed by atoms with Gasteiger partial charge in [0, 0.05) is 17.0 Å². The van der Waals surface area contributed by atoms with Gasteiger partial charge >= 0.3 is 5.97 Å². The van der Waals surface area contributed by atoms with Crippen LogP contribution in [0.15, 0.2) is 35.2 Å². The Kier molecular flexibility index (Phi) is 4.98. The summed E-state index contributed by atoms with van der Waals surface area (Å²) in [6.45, 7) is 1.45. The SMILES string of the molecule is CCS(=O)(=O)c1cc(Oc2c(Cl)cc3[nH]c(C(=O)O)cc3c2Cl)ccc1O. The maximum Gasteiger partial charge on any atom is 0.352 e. The van der Waals surface area contributed by atoms with Crippen LogP contribution in [-0.2, 0) is 9.84 Å². The molecule has 0 saturated heterocycles. The summed E-state index contributed by atoms with van der Waals surface area (Å²) in [5, 5.41) is 19.5. The fraction of sp³-hybridized carbons (Fsp3) is 0.118. The molecule has 1 heterocycles. The van der Waals surface area contributed by atoms with Gasteiger partial charge in [0.15, 0.2) is 15.6 Å². The lowest BCUT2D eigenvalue weighted by molar-refractivity contribution is 0.0691. The summed E-state index contributed by atoms with van der Waals surface area (Å²) in [6, 6.07) is 6.52. The number of aromatic carboxylic acids is 1. The molecule has 3 rings (SSSR count). The Labute approximate surface area is 164 Å². The normalized spacial score (nSPS) is 11.7. The van der Waals surface area contributed by atoms with Gasteiger partial charge in [-0.2, -0.15) is 0 Å². The van der Waals surface area contributed by atoms with Crippen molar-refractivity contribution >= 4 is 49.9 Å². The average Bonchev–Trinajstić information content (AvgIpc) is 3.04. The van der Waals surface area contributed by atoms with Crippen molar-refractivity contribution in [2.45, 2.75) is 11.8 Å².